The lowest BCUT2D eigenvalue weighted by Crippen LogP contribution is -2.42. The second-order valence-corrected chi connectivity index (χ2v) is 6.56. The molecule has 19 heavy (non-hydrogen) atoms. The molecule has 0 amide bonds. The van der Waals surface area contributed by atoms with Gasteiger partial charge in [-0.3, -0.25) is 0 Å². The van der Waals surface area contributed by atoms with Gasteiger partial charge in [0.2, 0.25) is 0 Å². The van der Waals surface area contributed by atoms with Crippen LogP contribution in [0.15, 0.2) is 24.3 Å². The Kier molecular flexibility index (Phi) is 3.74. The van der Waals surface area contributed by atoms with E-state index < -0.39 is 28.0 Å². The molecule has 2 rings (SSSR count). The number of benzene rings is 1. The summed E-state index contributed by atoms with van der Waals surface area (Å²) in [6.45, 7) is 0. The van der Waals surface area contributed by atoms with E-state index in [4.69, 9.17) is 5.11 Å². The van der Waals surface area contributed by atoms with Gasteiger partial charge in [0, 0.05) is 5.69 Å². The third kappa shape index (κ3) is 3.43. The summed E-state index contributed by atoms with van der Waals surface area (Å²) >= 11 is 0. The minimum atomic E-state index is -3.20. The lowest BCUT2D eigenvalue weighted by atomic mass is 10.2. The number of hydrogen-bond donors (Lipinski definition) is 4. The molecule has 104 valence electrons. The van der Waals surface area contributed by atoms with Crippen molar-refractivity contribution < 1.29 is 23.4 Å². The highest BCUT2D eigenvalue weighted by molar-refractivity contribution is 7.91. The summed E-state index contributed by atoms with van der Waals surface area (Å²) < 4.78 is 22.6. The van der Waals surface area contributed by atoms with E-state index in [2.05, 4.69) is 10.9 Å². The second kappa shape index (κ2) is 5.16. The summed E-state index contributed by atoms with van der Waals surface area (Å²) in [6, 6.07) is 5.37. The van der Waals surface area contributed by atoms with Crippen molar-refractivity contribution in [3.05, 3.63) is 29.8 Å². The second-order valence-electron chi connectivity index (χ2n) is 4.40. The van der Waals surface area contributed by atoms with Crippen molar-refractivity contribution in [2.75, 3.05) is 16.9 Å². The van der Waals surface area contributed by atoms with Crippen LogP contribution in [0.25, 0.3) is 0 Å². The minimum Gasteiger partial charge on any atom is -0.478 e. The van der Waals surface area contributed by atoms with Crippen LogP contribution in [0.3, 0.4) is 0 Å². The smallest absolute Gasteiger partial charge is 0.335 e. The predicted octanol–water partition coefficient (Wildman–Crippen LogP) is -0.541. The molecular weight excluding hydrogens is 272 g/mol. The molecule has 4 N–H and O–H groups in total. The topological polar surface area (TPSA) is 116 Å². The molecule has 1 fully saturated rings. The molecule has 0 radical (unpaired) electrons. The SMILES string of the molecule is O=C(O)c1ccc(NN[C@@H]2CS(=O)(=O)C[C@H]2O)cc1. The first-order valence-corrected chi connectivity index (χ1v) is 7.43. The normalized spacial score (nSPS) is 25.1. The van der Waals surface area contributed by atoms with E-state index in [1.807, 2.05) is 0 Å². The summed E-state index contributed by atoms with van der Waals surface area (Å²) in [7, 11) is -3.20. The molecule has 0 saturated carbocycles. The molecule has 1 aromatic rings. The van der Waals surface area contributed by atoms with Crippen molar-refractivity contribution >= 4 is 21.5 Å². The van der Waals surface area contributed by atoms with Crippen LogP contribution in [-0.4, -0.2) is 48.3 Å². The fourth-order valence-electron chi connectivity index (χ4n) is 1.84. The van der Waals surface area contributed by atoms with E-state index in [0.717, 1.165) is 0 Å². The Morgan fingerprint density at radius 2 is 1.84 bits per heavy atom. The summed E-state index contributed by atoms with van der Waals surface area (Å²) in [4.78, 5) is 10.7. The van der Waals surface area contributed by atoms with E-state index in [1.54, 1.807) is 12.1 Å². The van der Waals surface area contributed by atoms with Crippen LogP contribution in [0.2, 0.25) is 0 Å². The van der Waals surface area contributed by atoms with Crippen LogP contribution in [0, 0.1) is 0 Å². The molecule has 0 aliphatic carbocycles. The Hall–Kier alpha value is -1.64. The summed E-state index contributed by atoms with van der Waals surface area (Å²) in [6.07, 6.45) is -0.948. The summed E-state index contributed by atoms with van der Waals surface area (Å²) in [5.41, 5.74) is 6.22. The molecule has 7 nitrogen and oxygen atoms in total. The number of sulfone groups is 1. The Morgan fingerprint density at radius 3 is 2.32 bits per heavy atom. The average Bonchev–Trinajstić information content (AvgIpc) is 2.60. The highest BCUT2D eigenvalue weighted by atomic mass is 32.2. The van der Waals surface area contributed by atoms with E-state index in [-0.39, 0.29) is 17.1 Å². The zero-order valence-corrected chi connectivity index (χ0v) is 10.7. The van der Waals surface area contributed by atoms with Gasteiger partial charge in [0.05, 0.1) is 29.2 Å². The van der Waals surface area contributed by atoms with Gasteiger partial charge in [0.25, 0.3) is 0 Å². The number of carbonyl (C=O) groups is 1. The third-order valence-electron chi connectivity index (χ3n) is 2.86. The Morgan fingerprint density at radius 1 is 1.21 bits per heavy atom. The molecule has 1 saturated heterocycles. The number of aliphatic hydroxyl groups is 1. The van der Waals surface area contributed by atoms with Crippen molar-refractivity contribution in [1.29, 1.82) is 0 Å². The maximum absolute atomic E-state index is 11.3. The number of nitrogens with one attached hydrogen (secondary N) is 2. The van der Waals surface area contributed by atoms with Crippen LogP contribution in [0.1, 0.15) is 10.4 Å². The molecule has 1 heterocycles. The number of rotatable bonds is 4. The Bertz CT molecular complexity index is 569. The molecular formula is C11H14N2O5S. The van der Waals surface area contributed by atoms with Gasteiger partial charge in [-0.05, 0) is 24.3 Å². The molecule has 1 aromatic carbocycles. The largest absolute Gasteiger partial charge is 0.478 e. The van der Waals surface area contributed by atoms with Crippen molar-refractivity contribution in [2.45, 2.75) is 12.1 Å². The first-order chi connectivity index (χ1) is 8.87. The zero-order valence-electron chi connectivity index (χ0n) is 9.91. The van der Waals surface area contributed by atoms with E-state index >= 15 is 0 Å². The fourth-order valence-corrected chi connectivity index (χ4v) is 3.58. The molecule has 0 spiro atoms. The quantitative estimate of drug-likeness (QED) is 0.549. The molecule has 1 aliphatic heterocycles. The van der Waals surface area contributed by atoms with E-state index in [9.17, 15) is 18.3 Å². The number of hydrogen-bond acceptors (Lipinski definition) is 6. The van der Waals surface area contributed by atoms with Crippen LogP contribution >= 0.6 is 0 Å². The van der Waals surface area contributed by atoms with Gasteiger partial charge < -0.3 is 15.6 Å². The lowest BCUT2D eigenvalue weighted by molar-refractivity contribution is 0.0697. The van der Waals surface area contributed by atoms with Crippen molar-refractivity contribution in [3.63, 3.8) is 0 Å². The van der Waals surface area contributed by atoms with Crippen LogP contribution in [-0.2, 0) is 9.84 Å². The van der Waals surface area contributed by atoms with E-state index in [0.29, 0.717) is 5.69 Å². The van der Waals surface area contributed by atoms with Crippen molar-refractivity contribution in [1.82, 2.24) is 5.43 Å². The highest BCUT2D eigenvalue weighted by Gasteiger charge is 2.36. The molecule has 0 bridgehead atoms. The molecule has 0 aromatic heterocycles. The number of aliphatic hydroxyl groups excluding tert-OH is 1. The Labute approximate surface area is 110 Å². The minimum absolute atomic E-state index is 0.131. The first-order valence-electron chi connectivity index (χ1n) is 5.61. The van der Waals surface area contributed by atoms with Gasteiger partial charge in [-0.1, -0.05) is 0 Å². The standard InChI is InChI=1S/C11H14N2O5S/c14-10-6-19(17,18)5-9(10)13-12-8-3-1-7(2-4-8)11(15)16/h1-4,9-10,12-14H,5-6H2,(H,15,16)/t9-,10-/m1/s1. The van der Waals surface area contributed by atoms with Gasteiger partial charge in [-0.25, -0.2) is 18.6 Å². The van der Waals surface area contributed by atoms with Gasteiger partial charge in [0.1, 0.15) is 0 Å². The summed E-state index contributed by atoms with van der Waals surface area (Å²) in [5, 5.41) is 18.3. The Balaban J connectivity index is 1.94. The molecule has 2 atom stereocenters. The highest BCUT2D eigenvalue weighted by Crippen LogP contribution is 2.13. The number of carboxylic acid groups (broad SMARTS) is 1. The van der Waals surface area contributed by atoms with Gasteiger partial charge in [-0.15, -0.1) is 0 Å². The van der Waals surface area contributed by atoms with Gasteiger partial charge in [-0.2, -0.15) is 0 Å². The maximum atomic E-state index is 11.3. The number of aromatic carboxylic acids is 1. The molecule has 0 unspecified atom stereocenters. The zero-order chi connectivity index (χ0) is 14.0. The monoisotopic (exact) mass is 286 g/mol. The van der Waals surface area contributed by atoms with Crippen LogP contribution in [0.4, 0.5) is 5.69 Å². The van der Waals surface area contributed by atoms with Crippen molar-refractivity contribution in [3.8, 4) is 0 Å². The first kappa shape index (κ1) is 13.8. The van der Waals surface area contributed by atoms with Gasteiger partial charge >= 0.3 is 5.97 Å². The molecule has 8 heteroatoms. The average molecular weight is 286 g/mol. The third-order valence-corrected chi connectivity index (χ3v) is 4.57. The van der Waals surface area contributed by atoms with Crippen molar-refractivity contribution in [2.24, 2.45) is 0 Å². The predicted molar refractivity (Wildman–Crippen MR) is 68.6 cm³/mol. The maximum Gasteiger partial charge on any atom is 0.335 e. The van der Waals surface area contributed by atoms with Crippen LogP contribution in [0.5, 0.6) is 0 Å². The van der Waals surface area contributed by atoms with E-state index in [1.165, 1.54) is 12.1 Å². The van der Waals surface area contributed by atoms with Gasteiger partial charge in [0.15, 0.2) is 9.84 Å². The fraction of sp³-hybridized carbons (Fsp3) is 0.364. The molecule has 1 aliphatic rings. The lowest BCUT2D eigenvalue weighted by Gasteiger charge is -2.16. The number of carboxylic acids is 1. The van der Waals surface area contributed by atoms with Crippen LogP contribution < -0.4 is 10.9 Å². The summed E-state index contributed by atoms with van der Waals surface area (Å²) in [5.74, 6) is -1.39. The number of hydrazine groups is 1. The number of anilines is 1.